The molecule has 70 valence electrons. The Morgan fingerprint density at radius 2 is 1.57 bits per heavy atom. The maximum atomic E-state index is 7.23. The zero-order valence-corrected chi connectivity index (χ0v) is 10.3. The first kappa shape index (κ1) is 5.56. The average Bonchev–Trinajstić information content (AvgIpc) is 3.07. The molecule has 10 heterocycles. The molecule has 10 saturated heterocycles. The van der Waals surface area contributed by atoms with Gasteiger partial charge in [-0.3, -0.25) is 0 Å². The molecule has 9 atom stereocenters. The molecule has 10 rings (SSSR count). The van der Waals surface area contributed by atoms with Crippen LogP contribution in [0.25, 0.3) is 0 Å². The summed E-state index contributed by atoms with van der Waals surface area (Å²) in [5.74, 6) is 0. The summed E-state index contributed by atoms with van der Waals surface area (Å²) in [7, 11) is 0. The van der Waals surface area contributed by atoms with Crippen LogP contribution in [0.2, 0.25) is 36.7 Å². The van der Waals surface area contributed by atoms with Crippen LogP contribution in [-0.2, 0) is 6.51 Å². The minimum absolute atomic E-state index is 0.434. The van der Waals surface area contributed by atoms with Crippen LogP contribution in [0.3, 0.4) is 0 Å². The van der Waals surface area contributed by atoms with Gasteiger partial charge in [0.25, 0.3) is 0 Å². The van der Waals surface area contributed by atoms with Crippen molar-refractivity contribution in [1.29, 1.82) is 0 Å². The van der Waals surface area contributed by atoms with Gasteiger partial charge in [-0.2, -0.15) is 0 Å². The predicted molar refractivity (Wildman–Crippen MR) is 51.9 cm³/mol. The van der Waals surface area contributed by atoms with Crippen LogP contribution < -0.4 is 0 Å². The van der Waals surface area contributed by atoms with Crippen LogP contribution in [-0.4, -0.2) is 25.3 Å². The fourth-order valence-electron chi connectivity index (χ4n) is 17.3. The third-order valence-electron chi connectivity index (χ3n) is 15.4. The topological polar surface area (TPSA) is 0 Å². The molecule has 0 bridgehead atoms. The first-order valence-electron chi connectivity index (χ1n) is 5.91. The van der Waals surface area contributed by atoms with Gasteiger partial charge in [0.15, 0.2) is 0 Å². The van der Waals surface area contributed by atoms with Crippen molar-refractivity contribution in [2.45, 2.75) is 44.2 Å². The molecular weight excluding hydrogens is 254 g/mol. The monoisotopic (exact) mass is 260 g/mol. The third kappa shape index (κ3) is 0.0378. The van der Waals surface area contributed by atoms with Gasteiger partial charge in [0.1, 0.15) is 0 Å². The Kier molecular flexibility index (Phi) is 0.149. The molecule has 10 fully saturated rings. The van der Waals surface area contributed by atoms with Gasteiger partial charge in [-0.15, -0.1) is 0 Å². The Morgan fingerprint density at radius 3 is 1.57 bits per heavy atom. The number of rotatable bonds is 0. The summed E-state index contributed by atoms with van der Waals surface area (Å²) in [5.41, 5.74) is 0. The quantitative estimate of drug-likeness (QED) is 0.464. The van der Waals surface area contributed by atoms with E-state index in [1.165, 1.54) is 19.3 Å². The van der Waals surface area contributed by atoms with Crippen molar-refractivity contribution in [3.63, 3.8) is 0 Å². The van der Waals surface area contributed by atoms with Crippen molar-refractivity contribution in [1.82, 2.24) is 0 Å². The molecule has 0 radical (unpaired) electrons. The van der Waals surface area contributed by atoms with Crippen LogP contribution in [0, 0.1) is 0 Å². The number of halogens is 2. The first-order chi connectivity index (χ1) is 6.32. The van der Waals surface area contributed by atoms with E-state index >= 15 is 0 Å². The van der Waals surface area contributed by atoms with Gasteiger partial charge in [0.2, 0.25) is 0 Å². The van der Waals surface area contributed by atoms with Gasteiger partial charge in [0.05, 0.1) is 0 Å². The van der Waals surface area contributed by atoms with E-state index in [0.717, 1.165) is 17.4 Å². The number of alkyl halides is 2. The van der Waals surface area contributed by atoms with Crippen molar-refractivity contribution in [3.8, 4) is 0 Å². The zero-order valence-electron chi connectivity index (χ0n) is 7.65. The molecule has 1 spiro atoms. The summed E-state index contributed by atoms with van der Waals surface area (Å²) in [6.45, 7) is -3.26. The Balaban J connectivity index is 2.11. The van der Waals surface area contributed by atoms with Gasteiger partial charge in [-0.25, -0.2) is 0 Å². The van der Waals surface area contributed by atoms with Crippen LogP contribution in [0.1, 0.15) is 0 Å². The van der Waals surface area contributed by atoms with E-state index in [1.807, 2.05) is 0 Å². The summed E-state index contributed by atoms with van der Waals surface area (Å²) in [6.07, 6.45) is 0. The minimum atomic E-state index is -3.26. The van der Waals surface area contributed by atoms with Crippen LogP contribution >= 0.6 is 23.2 Å². The van der Waals surface area contributed by atoms with Crippen LogP contribution in [0.4, 0.5) is 0 Å². The molecule has 10 aliphatic heterocycles. The second-order valence-corrected chi connectivity index (χ2v) is 35.0. The van der Waals surface area contributed by atoms with Gasteiger partial charge in [-0.05, 0) is 0 Å². The molecule has 0 aromatic heterocycles. The summed E-state index contributed by atoms with van der Waals surface area (Å²) < 4.78 is 1.62. The van der Waals surface area contributed by atoms with Crippen molar-refractivity contribution >= 4 is 40.9 Å². The summed E-state index contributed by atoms with van der Waals surface area (Å²) in [4.78, 5) is 8.22. The van der Waals surface area contributed by atoms with Crippen LogP contribution in [0.5, 0.6) is 0 Å². The summed E-state index contributed by atoms with van der Waals surface area (Å²) in [5, 5.41) is 0. The number of hydrogen-bond donors (Lipinski definition) is 0. The molecule has 14 heavy (non-hydrogen) atoms. The maximum absolute atomic E-state index is 7.23. The molecule has 0 amide bonds. The van der Waals surface area contributed by atoms with E-state index in [9.17, 15) is 0 Å². The SMILES string of the molecule is [Li][C]12[CH]3[CH]4[CH]5[C]1(Cl)[Fe]43521678[CH]2[CH]1[CH]6[C]7(Cl)[CH]28. The van der Waals surface area contributed by atoms with Crippen molar-refractivity contribution in [3.05, 3.63) is 0 Å². The van der Waals surface area contributed by atoms with Crippen LogP contribution in [0.15, 0.2) is 0 Å². The summed E-state index contributed by atoms with van der Waals surface area (Å²) in [6, 6.07) is 0. The van der Waals surface area contributed by atoms with E-state index in [4.69, 9.17) is 23.2 Å². The second-order valence-electron chi connectivity index (χ2n) is 10.0. The van der Waals surface area contributed by atoms with Crippen molar-refractivity contribution < 1.29 is 6.51 Å². The molecular formula is C10H7Cl2FeLi. The molecule has 10 aliphatic rings. The second kappa shape index (κ2) is 0.375. The molecule has 0 saturated carbocycles. The van der Waals surface area contributed by atoms with Gasteiger partial charge in [0, 0.05) is 0 Å². The molecule has 0 nitrogen and oxygen atoms in total. The third-order valence-corrected chi connectivity index (χ3v) is 66.0. The van der Waals surface area contributed by atoms with E-state index in [0.29, 0.717) is 7.55 Å². The fourth-order valence-corrected chi connectivity index (χ4v) is 104. The summed E-state index contributed by atoms with van der Waals surface area (Å²) >= 11 is 17.0. The first-order valence-corrected chi connectivity index (χ1v) is 12.8. The van der Waals surface area contributed by atoms with E-state index < -0.39 is 6.51 Å². The number of hydrogen-bond acceptors (Lipinski definition) is 0. The fraction of sp³-hybridized carbons (Fsp3) is 1.00. The molecule has 0 aliphatic carbocycles. The van der Waals surface area contributed by atoms with E-state index in [1.54, 1.807) is 0 Å². The average molecular weight is 261 g/mol. The van der Waals surface area contributed by atoms with E-state index in [-0.39, 0.29) is 0 Å². The van der Waals surface area contributed by atoms with Gasteiger partial charge >= 0.3 is 91.7 Å². The molecule has 4 heteroatoms. The van der Waals surface area contributed by atoms with Crippen molar-refractivity contribution in [2.24, 2.45) is 0 Å². The Labute approximate surface area is 90.9 Å². The normalized spacial score (nSPS) is 153. The van der Waals surface area contributed by atoms with Gasteiger partial charge < -0.3 is 0 Å². The zero-order chi connectivity index (χ0) is 8.86. The number of fused-ring (bicyclic) bond motifs is 10. The Bertz CT molecular complexity index is 930. The molecule has 0 N–H and O–H groups in total. The predicted octanol–water partition coefficient (Wildman–Crippen LogP) is 3.16. The van der Waals surface area contributed by atoms with Crippen molar-refractivity contribution in [2.75, 3.05) is 0 Å². The van der Waals surface area contributed by atoms with Gasteiger partial charge in [-0.1, -0.05) is 0 Å². The molecule has 9 unspecified atom stereocenters. The van der Waals surface area contributed by atoms with E-state index in [2.05, 4.69) is 17.7 Å². The molecule has 0 aromatic rings. The standard InChI is InChI=1S/C5H4Cl.C5H3Cl.Fe.Li/c2*6-5-3-1-2-4-5;;/h1-4H;1-3H;;. The Hall–Kier alpha value is 1.70. The molecule has 0 aromatic carbocycles. The Morgan fingerprint density at radius 1 is 0.929 bits per heavy atom.